The minimum atomic E-state index is 0.963. The summed E-state index contributed by atoms with van der Waals surface area (Å²) in [5.74, 6) is 0. The molecule has 2 heterocycles. The van der Waals surface area contributed by atoms with Crippen LogP contribution in [0.5, 0.6) is 0 Å². The van der Waals surface area contributed by atoms with Gasteiger partial charge in [0, 0.05) is 42.8 Å². The lowest BCUT2D eigenvalue weighted by atomic mass is 10.1. The average Bonchev–Trinajstić information content (AvgIpc) is 3.14. The van der Waals surface area contributed by atoms with Crippen LogP contribution in [0, 0.1) is 0 Å². The molecular formula is C26H26N4. The van der Waals surface area contributed by atoms with Crippen LogP contribution in [-0.2, 0) is 0 Å². The van der Waals surface area contributed by atoms with Gasteiger partial charge in [0.1, 0.15) is 0 Å². The zero-order chi connectivity index (χ0) is 20.3. The number of likely N-dealkylation sites (N-methyl/N-ethyl adjacent to an activating group) is 1. The van der Waals surface area contributed by atoms with Crippen LogP contribution in [0.1, 0.15) is 5.56 Å². The molecule has 0 unspecified atom stereocenters. The van der Waals surface area contributed by atoms with E-state index in [2.05, 4.69) is 113 Å². The Labute approximate surface area is 177 Å². The molecule has 30 heavy (non-hydrogen) atoms. The largest absolute Gasteiger partial charge is 0.309 e. The molecule has 4 nitrogen and oxygen atoms in total. The Hall–Kier alpha value is -3.37. The third kappa shape index (κ3) is 3.51. The lowest BCUT2D eigenvalue weighted by Crippen LogP contribution is -2.41. The minimum Gasteiger partial charge on any atom is -0.309 e. The Morgan fingerprint density at radius 3 is 2.10 bits per heavy atom. The van der Waals surface area contributed by atoms with E-state index in [-0.39, 0.29) is 0 Å². The van der Waals surface area contributed by atoms with Crippen molar-refractivity contribution in [2.45, 2.75) is 0 Å². The van der Waals surface area contributed by atoms with Gasteiger partial charge < -0.3 is 9.47 Å². The van der Waals surface area contributed by atoms with Gasteiger partial charge in [-0.05, 0) is 30.8 Å². The van der Waals surface area contributed by atoms with Crippen LogP contribution >= 0.6 is 0 Å². The summed E-state index contributed by atoms with van der Waals surface area (Å²) in [6.45, 7) is 4.03. The predicted octanol–water partition coefficient (Wildman–Crippen LogP) is 4.88. The summed E-state index contributed by atoms with van der Waals surface area (Å²) in [5.41, 5.74) is 5.90. The van der Waals surface area contributed by atoms with Crippen molar-refractivity contribution in [1.82, 2.24) is 14.5 Å². The average molecular weight is 395 g/mol. The molecule has 0 aliphatic carbocycles. The van der Waals surface area contributed by atoms with E-state index >= 15 is 0 Å². The zero-order valence-electron chi connectivity index (χ0n) is 17.3. The molecule has 0 bridgehead atoms. The molecular weight excluding hydrogens is 368 g/mol. The number of piperazine rings is 1. The van der Waals surface area contributed by atoms with Gasteiger partial charge in [-0.1, -0.05) is 66.7 Å². The molecule has 0 N–H and O–H groups in total. The smallest absolute Gasteiger partial charge is 0.0629 e. The summed E-state index contributed by atoms with van der Waals surface area (Å²) in [6.07, 6.45) is 2.06. The number of fused-ring (bicyclic) bond motifs is 1. The summed E-state index contributed by atoms with van der Waals surface area (Å²) in [7, 11) is 2.17. The fourth-order valence-corrected chi connectivity index (χ4v) is 4.17. The minimum absolute atomic E-state index is 0.963. The van der Waals surface area contributed by atoms with Crippen molar-refractivity contribution in [1.29, 1.82) is 0 Å². The van der Waals surface area contributed by atoms with Gasteiger partial charge in [0.05, 0.1) is 17.4 Å². The second-order valence-corrected chi connectivity index (χ2v) is 7.82. The van der Waals surface area contributed by atoms with Crippen molar-refractivity contribution in [2.24, 2.45) is 5.10 Å². The normalized spacial score (nSPS) is 15.3. The highest BCUT2D eigenvalue weighted by Crippen LogP contribution is 2.35. The molecule has 0 amide bonds. The molecule has 4 heteroatoms. The van der Waals surface area contributed by atoms with Gasteiger partial charge >= 0.3 is 0 Å². The van der Waals surface area contributed by atoms with Crippen LogP contribution in [0.2, 0.25) is 0 Å². The summed E-state index contributed by atoms with van der Waals surface area (Å²) in [6, 6.07) is 29.8. The first-order chi connectivity index (χ1) is 14.8. The molecule has 0 atom stereocenters. The first kappa shape index (κ1) is 18.6. The van der Waals surface area contributed by atoms with Crippen LogP contribution < -0.4 is 0 Å². The summed E-state index contributed by atoms with van der Waals surface area (Å²) in [5, 5.41) is 8.30. The number of para-hydroxylation sites is 2. The van der Waals surface area contributed by atoms with Crippen molar-refractivity contribution in [3.05, 3.63) is 90.5 Å². The SMILES string of the molecule is CN1CCN(N=Cc2c(-c3ccccc3)n(-c3ccccc3)c3ccccc23)CC1. The van der Waals surface area contributed by atoms with Gasteiger partial charge in [0.15, 0.2) is 0 Å². The van der Waals surface area contributed by atoms with Gasteiger partial charge in [-0.3, -0.25) is 5.01 Å². The zero-order valence-corrected chi connectivity index (χ0v) is 17.3. The lowest BCUT2D eigenvalue weighted by molar-refractivity contribution is 0.159. The number of hydrogen-bond donors (Lipinski definition) is 0. The van der Waals surface area contributed by atoms with Crippen LogP contribution in [-0.4, -0.2) is 53.9 Å². The van der Waals surface area contributed by atoms with E-state index in [1.54, 1.807) is 0 Å². The van der Waals surface area contributed by atoms with Gasteiger partial charge in [0.25, 0.3) is 0 Å². The van der Waals surface area contributed by atoms with Crippen molar-refractivity contribution in [3.63, 3.8) is 0 Å². The second kappa shape index (κ2) is 8.17. The Balaban J connectivity index is 1.71. The molecule has 0 radical (unpaired) electrons. The van der Waals surface area contributed by atoms with Crippen molar-refractivity contribution in [3.8, 4) is 16.9 Å². The number of benzene rings is 3. The maximum absolute atomic E-state index is 4.90. The van der Waals surface area contributed by atoms with Crippen LogP contribution in [0.3, 0.4) is 0 Å². The molecule has 1 aromatic heterocycles. The van der Waals surface area contributed by atoms with Crippen LogP contribution in [0.4, 0.5) is 0 Å². The van der Waals surface area contributed by atoms with Gasteiger partial charge in [-0.2, -0.15) is 5.10 Å². The standard InChI is InChI=1S/C26H26N4/c1-28-16-18-29(19-17-28)27-20-24-23-14-8-9-15-25(23)30(22-12-6-3-7-13-22)26(24)21-10-4-2-5-11-21/h2-15,20H,16-19H2,1H3. The van der Waals surface area contributed by atoms with E-state index in [9.17, 15) is 0 Å². The maximum Gasteiger partial charge on any atom is 0.0629 e. The van der Waals surface area contributed by atoms with E-state index in [4.69, 9.17) is 5.10 Å². The van der Waals surface area contributed by atoms with E-state index < -0.39 is 0 Å². The number of hydrogen-bond acceptors (Lipinski definition) is 3. The Morgan fingerprint density at radius 1 is 0.733 bits per heavy atom. The fourth-order valence-electron chi connectivity index (χ4n) is 4.17. The van der Waals surface area contributed by atoms with Crippen LogP contribution in [0.25, 0.3) is 27.8 Å². The van der Waals surface area contributed by atoms with Gasteiger partial charge in [0.2, 0.25) is 0 Å². The highest BCUT2D eigenvalue weighted by molar-refractivity contribution is 6.07. The molecule has 1 fully saturated rings. The first-order valence-electron chi connectivity index (χ1n) is 10.5. The Kier molecular flexibility index (Phi) is 5.08. The topological polar surface area (TPSA) is 23.8 Å². The quantitative estimate of drug-likeness (QED) is 0.461. The molecule has 1 aliphatic rings. The third-order valence-corrected chi connectivity index (χ3v) is 5.81. The second-order valence-electron chi connectivity index (χ2n) is 7.82. The summed E-state index contributed by atoms with van der Waals surface area (Å²) in [4.78, 5) is 2.35. The van der Waals surface area contributed by atoms with E-state index in [0.717, 1.165) is 31.9 Å². The molecule has 0 saturated carbocycles. The van der Waals surface area contributed by atoms with Crippen molar-refractivity contribution >= 4 is 17.1 Å². The third-order valence-electron chi connectivity index (χ3n) is 5.81. The van der Waals surface area contributed by atoms with Gasteiger partial charge in [-0.15, -0.1) is 0 Å². The Morgan fingerprint density at radius 2 is 1.37 bits per heavy atom. The summed E-state index contributed by atoms with van der Waals surface area (Å²) >= 11 is 0. The van der Waals surface area contributed by atoms with Crippen LogP contribution in [0.15, 0.2) is 90.0 Å². The first-order valence-corrected chi connectivity index (χ1v) is 10.5. The van der Waals surface area contributed by atoms with E-state index in [1.807, 2.05) is 0 Å². The molecule has 0 spiro atoms. The lowest BCUT2D eigenvalue weighted by Gasteiger charge is -2.30. The number of nitrogens with zero attached hydrogens (tertiary/aromatic N) is 4. The summed E-state index contributed by atoms with van der Waals surface area (Å²) < 4.78 is 2.36. The van der Waals surface area contributed by atoms with E-state index in [0.29, 0.717) is 0 Å². The molecule has 1 saturated heterocycles. The number of rotatable bonds is 4. The highest BCUT2D eigenvalue weighted by atomic mass is 15.5. The number of aromatic nitrogens is 1. The predicted molar refractivity (Wildman–Crippen MR) is 125 cm³/mol. The van der Waals surface area contributed by atoms with Crippen molar-refractivity contribution < 1.29 is 0 Å². The Bertz CT molecular complexity index is 1150. The van der Waals surface area contributed by atoms with E-state index in [1.165, 1.54) is 27.7 Å². The molecule has 4 aromatic rings. The fraction of sp³-hybridized carbons (Fsp3) is 0.192. The van der Waals surface area contributed by atoms with Gasteiger partial charge in [-0.25, -0.2) is 0 Å². The number of hydrazone groups is 1. The van der Waals surface area contributed by atoms with Crippen molar-refractivity contribution in [2.75, 3.05) is 33.2 Å². The highest BCUT2D eigenvalue weighted by Gasteiger charge is 2.19. The monoisotopic (exact) mass is 394 g/mol. The molecule has 150 valence electrons. The molecule has 3 aromatic carbocycles. The molecule has 1 aliphatic heterocycles. The maximum atomic E-state index is 4.90. The molecule has 5 rings (SSSR count).